The number of halogens is 1. The van der Waals surface area contributed by atoms with E-state index < -0.39 is 0 Å². The number of hydrogen-bond donors (Lipinski definition) is 1. The van der Waals surface area contributed by atoms with Crippen LogP contribution in [0.1, 0.15) is 11.1 Å². The summed E-state index contributed by atoms with van der Waals surface area (Å²) >= 11 is 3.42. The maximum Gasteiger partial charge on any atom is 0.246 e. The molecule has 2 aromatic rings. The number of amides is 2. The molecule has 5 heteroatoms. The first kappa shape index (κ1) is 15.7. The van der Waals surface area contributed by atoms with Crippen LogP contribution in [-0.2, 0) is 22.4 Å². The average molecular weight is 373 g/mol. The number of carbonyl (C=O) groups excluding carboxylic acids is 2. The predicted molar refractivity (Wildman–Crippen MR) is 93.4 cm³/mol. The summed E-state index contributed by atoms with van der Waals surface area (Å²) in [6, 6.07) is 15.5. The summed E-state index contributed by atoms with van der Waals surface area (Å²) in [6.07, 6.45) is 1.12. The zero-order valence-corrected chi connectivity index (χ0v) is 14.2. The van der Waals surface area contributed by atoms with Crippen LogP contribution in [0.3, 0.4) is 0 Å². The van der Waals surface area contributed by atoms with Crippen LogP contribution in [0.25, 0.3) is 0 Å². The Morgan fingerprint density at radius 1 is 1.09 bits per heavy atom. The molecule has 0 fully saturated rings. The molecule has 0 radical (unpaired) electrons. The van der Waals surface area contributed by atoms with Crippen molar-refractivity contribution in [3.63, 3.8) is 0 Å². The van der Waals surface area contributed by atoms with E-state index in [1.807, 2.05) is 48.5 Å². The van der Waals surface area contributed by atoms with Crippen molar-refractivity contribution in [2.24, 2.45) is 0 Å². The minimum Gasteiger partial charge on any atom is -0.347 e. The normalized spacial score (nSPS) is 12.8. The van der Waals surface area contributed by atoms with Crippen molar-refractivity contribution in [3.05, 3.63) is 64.1 Å². The Bertz CT molecular complexity index is 745. The van der Waals surface area contributed by atoms with Crippen LogP contribution in [0.4, 0.5) is 5.69 Å². The van der Waals surface area contributed by atoms with Crippen LogP contribution in [0.15, 0.2) is 53.0 Å². The molecule has 0 unspecified atom stereocenters. The van der Waals surface area contributed by atoms with Gasteiger partial charge in [-0.1, -0.05) is 52.3 Å². The van der Waals surface area contributed by atoms with Crippen molar-refractivity contribution in [2.45, 2.75) is 12.8 Å². The van der Waals surface area contributed by atoms with E-state index in [-0.39, 0.29) is 24.8 Å². The summed E-state index contributed by atoms with van der Waals surface area (Å²) in [6.45, 7) is 0.704. The zero-order valence-electron chi connectivity index (χ0n) is 12.6. The third-order valence-electron chi connectivity index (χ3n) is 3.93. The van der Waals surface area contributed by atoms with Gasteiger partial charge in [0.1, 0.15) is 0 Å². The number of hydrogen-bond acceptors (Lipinski definition) is 2. The van der Waals surface area contributed by atoms with E-state index in [2.05, 4.69) is 21.2 Å². The highest BCUT2D eigenvalue weighted by atomic mass is 79.9. The number of rotatable bonds is 4. The number of anilines is 1. The van der Waals surface area contributed by atoms with Gasteiger partial charge in [0, 0.05) is 16.7 Å². The smallest absolute Gasteiger partial charge is 0.246 e. The second-order valence-corrected chi connectivity index (χ2v) is 6.32. The summed E-state index contributed by atoms with van der Waals surface area (Å²) in [4.78, 5) is 26.1. The van der Waals surface area contributed by atoms with Crippen molar-refractivity contribution in [3.8, 4) is 0 Å². The van der Waals surface area contributed by atoms with Gasteiger partial charge in [0.15, 0.2) is 0 Å². The quantitative estimate of drug-likeness (QED) is 0.896. The van der Waals surface area contributed by atoms with Crippen molar-refractivity contribution in [1.82, 2.24) is 5.32 Å². The molecule has 3 rings (SSSR count). The molecule has 0 spiro atoms. The number of para-hydroxylation sites is 1. The van der Waals surface area contributed by atoms with Gasteiger partial charge in [-0.05, 0) is 29.7 Å². The Morgan fingerprint density at radius 2 is 1.83 bits per heavy atom. The topological polar surface area (TPSA) is 49.4 Å². The molecule has 0 aliphatic carbocycles. The maximum absolute atomic E-state index is 12.3. The average Bonchev–Trinajstić information content (AvgIpc) is 2.99. The first-order valence-electron chi connectivity index (χ1n) is 7.53. The molecule has 118 valence electrons. The van der Waals surface area contributed by atoms with Crippen molar-refractivity contribution < 1.29 is 9.59 Å². The molecule has 2 aromatic carbocycles. The molecule has 0 bridgehead atoms. The molecule has 23 heavy (non-hydrogen) atoms. The highest BCUT2D eigenvalue weighted by Crippen LogP contribution is 2.27. The fourth-order valence-electron chi connectivity index (χ4n) is 2.74. The number of nitrogens with one attached hydrogen (secondary N) is 1. The molecular weight excluding hydrogens is 356 g/mol. The van der Waals surface area contributed by atoms with E-state index >= 15 is 0 Å². The van der Waals surface area contributed by atoms with Gasteiger partial charge in [0.05, 0.1) is 13.0 Å². The van der Waals surface area contributed by atoms with Crippen LogP contribution in [-0.4, -0.2) is 24.9 Å². The predicted octanol–water partition coefficient (Wildman–Crippen LogP) is 2.70. The fourth-order valence-corrected chi connectivity index (χ4v) is 3.17. The second-order valence-electron chi connectivity index (χ2n) is 5.47. The highest BCUT2D eigenvalue weighted by molar-refractivity contribution is 9.10. The monoisotopic (exact) mass is 372 g/mol. The first-order valence-corrected chi connectivity index (χ1v) is 8.33. The van der Waals surface area contributed by atoms with Gasteiger partial charge in [-0.15, -0.1) is 0 Å². The van der Waals surface area contributed by atoms with Gasteiger partial charge in [-0.25, -0.2) is 0 Å². The maximum atomic E-state index is 12.3. The lowest BCUT2D eigenvalue weighted by molar-refractivity contribution is -0.124. The molecule has 1 aliphatic rings. The Kier molecular flexibility index (Phi) is 4.76. The SMILES string of the molecule is O=C(Cc1ccccc1Br)NCC(=O)N1CCc2ccccc21. The first-order chi connectivity index (χ1) is 11.1. The lowest BCUT2D eigenvalue weighted by Gasteiger charge is -2.17. The highest BCUT2D eigenvalue weighted by Gasteiger charge is 2.24. The Hall–Kier alpha value is -2.14. The summed E-state index contributed by atoms with van der Waals surface area (Å²) in [5, 5.41) is 2.71. The fraction of sp³-hybridized carbons (Fsp3) is 0.222. The van der Waals surface area contributed by atoms with Crippen molar-refractivity contribution in [1.29, 1.82) is 0 Å². The van der Waals surface area contributed by atoms with Crippen molar-refractivity contribution in [2.75, 3.05) is 18.0 Å². The van der Waals surface area contributed by atoms with E-state index in [1.54, 1.807) is 4.90 Å². The zero-order chi connectivity index (χ0) is 16.2. The molecule has 1 N–H and O–H groups in total. The Morgan fingerprint density at radius 3 is 2.65 bits per heavy atom. The summed E-state index contributed by atoms with van der Waals surface area (Å²) in [5.41, 5.74) is 3.04. The van der Waals surface area contributed by atoms with Crippen molar-refractivity contribution >= 4 is 33.4 Å². The van der Waals surface area contributed by atoms with E-state index in [0.29, 0.717) is 6.54 Å². The summed E-state index contributed by atoms with van der Waals surface area (Å²) < 4.78 is 0.898. The summed E-state index contributed by atoms with van der Waals surface area (Å²) in [7, 11) is 0. The second kappa shape index (κ2) is 6.96. The van der Waals surface area contributed by atoms with E-state index in [4.69, 9.17) is 0 Å². The summed E-state index contributed by atoms with van der Waals surface area (Å²) in [5.74, 6) is -0.229. The molecule has 0 saturated heterocycles. The molecule has 0 saturated carbocycles. The molecule has 1 aliphatic heterocycles. The van der Waals surface area contributed by atoms with Gasteiger partial charge in [-0.3, -0.25) is 9.59 Å². The standard InChI is InChI=1S/C18H17BrN2O2/c19-15-7-3-1-6-14(15)11-17(22)20-12-18(23)21-10-9-13-5-2-4-8-16(13)21/h1-8H,9-12H2,(H,20,22). The molecule has 4 nitrogen and oxygen atoms in total. The van der Waals surface area contributed by atoms with E-state index in [9.17, 15) is 9.59 Å². The number of benzene rings is 2. The number of nitrogens with zero attached hydrogens (tertiary/aromatic N) is 1. The minimum absolute atomic E-state index is 0.0254. The minimum atomic E-state index is -0.155. The van der Waals surface area contributed by atoms with Gasteiger partial charge >= 0.3 is 0 Å². The van der Waals surface area contributed by atoms with Gasteiger partial charge < -0.3 is 10.2 Å². The van der Waals surface area contributed by atoms with Gasteiger partial charge in [0.2, 0.25) is 11.8 Å². The molecule has 0 atom stereocenters. The lowest BCUT2D eigenvalue weighted by atomic mass is 10.1. The lowest BCUT2D eigenvalue weighted by Crippen LogP contribution is -2.39. The van der Waals surface area contributed by atoms with E-state index in [0.717, 1.165) is 22.1 Å². The third-order valence-corrected chi connectivity index (χ3v) is 4.71. The number of carbonyl (C=O) groups is 2. The van der Waals surface area contributed by atoms with E-state index in [1.165, 1.54) is 5.56 Å². The number of fused-ring (bicyclic) bond motifs is 1. The van der Waals surface area contributed by atoms with Crippen LogP contribution < -0.4 is 10.2 Å². The molecular formula is C18H17BrN2O2. The Labute approximate surface area is 143 Å². The molecule has 0 aromatic heterocycles. The molecule has 1 heterocycles. The Balaban J connectivity index is 1.56. The van der Waals surface area contributed by atoms with Gasteiger partial charge in [0.25, 0.3) is 0 Å². The largest absolute Gasteiger partial charge is 0.347 e. The van der Waals surface area contributed by atoms with Crippen LogP contribution in [0.2, 0.25) is 0 Å². The van der Waals surface area contributed by atoms with Crippen LogP contribution in [0, 0.1) is 0 Å². The van der Waals surface area contributed by atoms with Gasteiger partial charge in [-0.2, -0.15) is 0 Å². The molecule has 2 amide bonds. The van der Waals surface area contributed by atoms with Crippen LogP contribution in [0.5, 0.6) is 0 Å². The van der Waals surface area contributed by atoms with Crippen LogP contribution >= 0.6 is 15.9 Å². The third kappa shape index (κ3) is 3.62.